The third kappa shape index (κ3) is 2.30. The molecule has 1 atom stereocenters. The summed E-state index contributed by atoms with van der Waals surface area (Å²) < 4.78 is 26.3. The van der Waals surface area contributed by atoms with Gasteiger partial charge < -0.3 is 4.90 Å². The third-order valence-corrected chi connectivity index (χ3v) is 3.15. The lowest BCUT2D eigenvalue weighted by Crippen LogP contribution is -2.36. The monoisotopic (exact) mass is 239 g/mol. The van der Waals surface area contributed by atoms with Crippen LogP contribution in [0.2, 0.25) is 0 Å². The number of halogens is 2. The second-order valence-corrected chi connectivity index (χ2v) is 4.74. The maximum atomic E-state index is 13.2. The molecule has 0 aliphatic carbocycles. The summed E-state index contributed by atoms with van der Waals surface area (Å²) in [7, 11) is 0. The Balaban J connectivity index is 2.39. The molecule has 1 fully saturated rings. The Labute approximate surface area is 99.2 Å². The first-order valence-corrected chi connectivity index (χ1v) is 5.77. The maximum absolute atomic E-state index is 13.2. The largest absolute Gasteiger partial charge is 0.309 e. The van der Waals surface area contributed by atoms with Gasteiger partial charge in [-0.15, -0.1) is 0 Å². The molecule has 0 radical (unpaired) electrons. The van der Waals surface area contributed by atoms with Crippen LogP contribution in [0.3, 0.4) is 0 Å². The highest BCUT2D eigenvalue weighted by atomic mass is 19.1. The van der Waals surface area contributed by atoms with E-state index in [-0.39, 0.29) is 17.9 Å². The number of amides is 1. The fourth-order valence-corrected chi connectivity index (χ4v) is 2.35. The predicted octanol–water partition coefficient (Wildman–Crippen LogP) is 3.12. The maximum Gasteiger partial charge on any atom is 0.227 e. The highest BCUT2D eigenvalue weighted by Crippen LogP contribution is 2.31. The van der Waals surface area contributed by atoms with Crippen molar-refractivity contribution < 1.29 is 13.6 Å². The molecule has 0 aromatic heterocycles. The van der Waals surface area contributed by atoms with E-state index in [0.29, 0.717) is 12.1 Å². The van der Waals surface area contributed by atoms with Crippen LogP contribution in [0.25, 0.3) is 0 Å². The van der Waals surface area contributed by atoms with Crippen molar-refractivity contribution in [3.63, 3.8) is 0 Å². The lowest BCUT2D eigenvalue weighted by Gasteiger charge is -2.27. The minimum atomic E-state index is -0.651. The van der Waals surface area contributed by atoms with Crippen LogP contribution >= 0.6 is 0 Å². The molecule has 1 unspecified atom stereocenters. The number of nitrogens with zero attached hydrogens (tertiary/aromatic N) is 1. The van der Waals surface area contributed by atoms with Crippen molar-refractivity contribution in [3.8, 4) is 0 Å². The van der Waals surface area contributed by atoms with Crippen LogP contribution in [0, 0.1) is 17.6 Å². The number of benzene rings is 1. The minimum Gasteiger partial charge on any atom is -0.309 e. The molecule has 0 bridgehead atoms. The van der Waals surface area contributed by atoms with Gasteiger partial charge >= 0.3 is 0 Å². The average Bonchev–Trinajstić information content (AvgIpc) is 2.58. The Morgan fingerprint density at radius 2 is 1.82 bits per heavy atom. The number of hydrogen-bond acceptors (Lipinski definition) is 1. The van der Waals surface area contributed by atoms with Crippen LogP contribution in [0.5, 0.6) is 0 Å². The summed E-state index contributed by atoms with van der Waals surface area (Å²) in [5.41, 5.74) is 0.323. The lowest BCUT2D eigenvalue weighted by molar-refractivity contribution is -0.117. The molecule has 2 nitrogen and oxygen atoms in total. The van der Waals surface area contributed by atoms with E-state index in [0.717, 1.165) is 12.5 Å². The predicted molar refractivity (Wildman–Crippen MR) is 61.7 cm³/mol. The van der Waals surface area contributed by atoms with Gasteiger partial charge in [0, 0.05) is 24.2 Å². The van der Waals surface area contributed by atoms with Crippen LogP contribution in [0.4, 0.5) is 14.5 Å². The van der Waals surface area contributed by atoms with Gasteiger partial charge in [0.25, 0.3) is 0 Å². The van der Waals surface area contributed by atoms with Crippen molar-refractivity contribution >= 4 is 11.6 Å². The Morgan fingerprint density at radius 1 is 1.24 bits per heavy atom. The fourth-order valence-electron chi connectivity index (χ4n) is 2.35. The quantitative estimate of drug-likeness (QED) is 0.776. The Morgan fingerprint density at radius 3 is 2.35 bits per heavy atom. The molecule has 1 saturated heterocycles. The van der Waals surface area contributed by atoms with E-state index in [4.69, 9.17) is 0 Å². The van der Waals surface area contributed by atoms with Gasteiger partial charge in [-0.05, 0) is 24.5 Å². The van der Waals surface area contributed by atoms with E-state index in [9.17, 15) is 13.6 Å². The SMILES string of the molecule is CC(C)C1CCC(=O)N1c1cc(F)cc(F)c1. The summed E-state index contributed by atoms with van der Waals surface area (Å²) >= 11 is 0. The smallest absolute Gasteiger partial charge is 0.227 e. The second kappa shape index (κ2) is 4.43. The molecule has 1 amide bonds. The average molecular weight is 239 g/mol. The van der Waals surface area contributed by atoms with Crippen molar-refractivity contribution in [2.75, 3.05) is 4.90 Å². The third-order valence-electron chi connectivity index (χ3n) is 3.15. The van der Waals surface area contributed by atoms with Gasteiger partial charge in [0.15, 0.2) is 0 Å². The second-order valence-electron chi connectivity index (χ2n) is 4.74. The summed E-state index contributed by atoms with van der Waals surface area (Å²) in [5.74, 6) is -1.09. The van der Waals surface area contributed by atoms with E-state index >= 15 is 0 Å². The Hall–Kier alpha value is -1.45. The molecular formula is C13H15F2NO. The molecule has 0 spiro atoms. The molecule has 92 valence electrons. The summed E-state index contributed by atoms with van der Waals surface area (Å²) in [5, 5.41) is 0. The summed E-state index contributed by atoms with van der Waals surface area (Å²) in [6, 6.07) is 3.27. The van der Waals surface area contributed by atoms with E-state index in [1.54, 1.807) is 0 Å². The van der Waals surface area contributed by atoms with Gasteiger partial charge in [0.05, 0.1) is 0 Å². The Bertz CT molecular complexity index is 425. The van der Waals surface area contributed by atoms with E-state index in [2.05, 4.69) is 0 Å². The molecule has 4 heteroatoms. The molecular weight excluding hydrogens is 224 g/mol. The van der Waals surface area contributed by atoms with E-state index in [1.165, 1.54) is 17.0 Å². The van der Waals surface area contributed by atoms with Gasteiger partial charge in [0.1, 0.15) is 11.6 Å². The molecule has 1 aromatic rings. The summed E-state index contributed by atoms with van der Waals surface area (Å²) in [6.45, 7) is 4.01. The zero-order chi connectivity index (χ0) is 12.6. The summed E-state index contributed by atoms with van der Waals surface area (Å²) in [4.78, 5) is 13.3. The van der Waals surface area contributed by atoms with E-state index in [1.807, 2.05) is 13.8 Å². The Kier molecular flexibility index (Phi) is 3.13. The lowest BCUT2D eigenvalue weighted by atomic mass is 10.0. The first kappa shape index (κ1) is 12.0. The summed E-state index contributed by atoms with van der Waals surface area (Å²) in [6.07, 6.45) is 1.19. The van der Waals surface area contributed by atoms with Crippen LogP contribution in [0.1, 0.15) is 26.7 Å². The van der Waals surface area contributed by atoms with Crippen molar-refractivity contribution in [1.29, 1.82) is 0 Å². The van der Waals surface area contributed by atoms with Crippen LogP contribution in [-0.2, 0) is 4.79 Å². The van der Waals surface area contributed by atoms with Gasteiger partial charge in [-0.25, -0.2) is 8.78 Å². The molecule has 1 heterocycles. The normalized spacial score (nSPS) is 20.4. The van der Waals surface area contributed by atoms with Crippen molar-refractivity contribution in [2.45, 2.75) is 32.7 Å². The number of carbonyl (C=O) groups excluding carboxylic acids is 1. The molecule has 0 saturated carbocycles. The highest BCUT2D eigenvalue weighted by Gasteiger charge is 2.34. The molecule has 1 aliphatic heterocycles. The first-order chi connectivity index (χ1) is 7.99. The molecule has 1 aromatic carbocycles. The highest BCUT2D eigenvalue weighted by molar-refractivity contribution is 5.96. The van der Waals surface area contributed by atoms with Crippen LogP contribution < -0.4 is 4.90 Å². The van der Waals surface area contributed by atoms with Crippen LogP contribution in [-0.4, -0.2) is 11.9 Å². The van der Waals surface area contributed by atoms with Crippen molar-refractivity contribution in [3.05, 3.63) is 29.8 Å². The number of anilines is 1. The zero-order valence-electron chi connectivity index (χ0n) is 9.91. The molecule has 2 rings (SSSR count). The first-order valence-electron chi connectivity index (χ1n) is 5.77. The van der Waals surface area contributed by atoms with Crippen molar-refractivity contribution in [2.24, 2.45) is 5.92 Å². The number of carbonyl (C=O) groups is 1. The van der Waals surface area contributed by atoms with Gasteiger partial charge in [0.2, 0.25) is 5.91 Å². The minimum absolute atomic E-state index is 0.0312. The van der Waals surface area contributed by atoms with Crippen molar-refractivity contribution in [1.82, 2.24) is 0 Å². The topological polar surface area (TPSA) is 20.3 Å². The molecule has 1 aliphatic rings. The van der Waals surface area contributed by atoms with Gasteiger partial charge in [-0.3, -0.25) is 4.79 Å². The van der Waals surface area contributed by atoms with Crippen LogP contribution in [0.15, 0.2) is 18.2 Å². The fraction of sp³-hybridized carbons (Fsp3) is 0.462. The number of rotatable bonds is 2. The molecule has 17 heavy (non-hydrogen) atoms. The molecule has 0 N–H and O–H groups in total. The van der Waals surface area contributed by atoms with E-state index < -0.39 is 11.6 Å². The standard InChI is InChI=1S/C13H15F2NO/c1-8(2)12-3-4-13(17)16(12)11-6-9(14)5-10(15)7-11/h5-8,12H,3-4H2,1-2H3. The van der Waals surface area contributed by atoms with Gasteiger partial charge in [-0.1, -0.05) is 13.8 Å². The zero-order valence-corrected chi connectivity index (χ0v) is 9.91. The number of hydrogen-bond donors (Lipinski definition) is 0. The van der Waals surface area contributed by atoms with Gasteiger partial charge in [-0.2, -0.15) is 0 Å².